The maximum absolute atomic E-state index is 10.9. The summed E-state index contributed by atoms with van der Waals surface area (Å²) in [7, 11) is 1.67. The van der Waals surface area contributed by atoms with Crippen molar-refractivity contribution in [1.82, 2.24) is 15.1 Å². The van der Waals surface area contributed by atoms with Crippen LogP contribution >= 0.6 is 0 Å². The molecule has 2 fully saturated rings. The summed E-state index contributed by atoms with van der Waals surface area (Å²) in [6, 6.07) is 21.9. The van der Waals surface area contributed by atoms with Crippen LogP contribution in [0.4, 0.5) is 17.1 Å². The van der Waals surface area contributed by atoms with Gasteiger partial charge in [0.15, 0.2) is 0 Å². The third kappa shape index (κ3) is 8.47. The lowest BCUT2D eigenvalue weighted by Crippen LogP contribution is -2.45. The fourth-order valence-electron chi connectivity index (χ4n) is 4.85. The van der Waals surface area contributed by atoms with Crippen molar-refractivity contribution in [3.63, 3.8) is 0 Å². The van der Waals surface area contributed by atoms with Crippen molar-refractivity contribution >= 4 is 17.1 Å². The van der Waals surface area contributed by atoms with Gasteiger partial charge in [-0.15, -0.1) is 0 Å². The molecule has 3 aromatic carbocycles. The number of nitrogens with one attached hydrogen (secondary N) is 1. The van der Waals surface area contributed by atoms with Gasteiger partial charge in [0.05, 0.1) is 17.0 Å². The van der Waals surface area contributed by atoms with E-state index in [-0.39, 0.29) is 21.2 Å². The van der Waals surface area contributed by atoms with E-state index in [0.717, 1.165) is 82.4 Å². The molecule has 5 rings (SSSR count). The van der Waals surface area contributed by atoms with Gasteiger partial charge in [0.25, 0.3) is 11.4 Å². The molecule has 0 aliphatic carbocycles. The fourth-order valence-corrected chi connectivity index (χ4v) is 4.85. The lowest BCUT2D eigenvalue weighted by atomic mass is 10.1. The minimum Gasteiger partial charge on any atom is -0.497 e. The Hall–Kier alpha value is -4.06. The van der Waals surface area contributed by atoms with Crippen molar-refractivity contribution in [2.75, 3.05) is 64.4 Å². The smallest absolute Gasteiger partial charge is 0.271 e. The second-order valence-corrected chi connectivity index (χ2v) is 9.84. The molecule has 0 bridgehead atoms. The molecule has 3 aromatic rings. The SMILES string of the molecule is COc1ccc(CN2CCN(c3cccc([N+](=O)[O-])c3)CC2)cc1.O=[N+]([O-])c1cccc(CN2CCNCC2)c1. The normalized spacial score (nSPS) is 16.1. The Balaban J connectivity index is 0.000000201. The van der Waals surface area contributed by atoms with Gasteiger partial charge < -0.3 is 15.0 Å². The number of hydrogen-bond acceptors (Lipinski definition) is 9. The molecule has 0 spiro atoms. The van der Waals surface area contributed by atoms with E-state index in [4.69, 9.17) is 4.74 Å². The van der Waals surface area contributed by atoms with E-state index in [1.54, 1.807) is 31.4 Å². The summed E-state index contributed by atoms with van der Waals surface area (Å²) in [5.41, 5.74) is 3.52. The van der Waals surface area contributed by atoms with Gasteiger partial charge in [0, 0.05) is 95.4 Å². The Morgan fingerprint density at radius 1 is 0.725 bits per heavy atom. The Bertz CT molecular complexity index is 1260. The summed E-state index contributed by atoms with van der Waals surface area (Å²) >= 11 is 0. The van der Waals surface area contributed by atoms with Gasteiger partial charge in [-0.1, -0.05) is 30.3 Å². The predicted molar refractivity (Wildman–Crippen MR) is 155 cm³/mol. The summed E-state index contributed by atoms with van der Waals surface area (Å²) < 4.78 is 5.18. The molecule has 2 saturated heterocycles. The molecule has 2 aliphatic rings. The Labute approximate surface area is 234 Å². The molecule has 212 valence electrons. The number of non-ortho nitro benzene ring substituents is 2. The average Bonchev–Trinajstić information content (AvgIpc) is 2.99. The molecule has 0 atom stereocenters. The van der Waals surface area contributed by atoms with Crippen LogP contribution in [-0.2, 0) is 13.1 Å². The second-order valence-electron chi connectivity index (χ2n) is 9.84. The molecular weight excluding hydrogens is 512 g/mol. The van der Waals surface area contributed by atoms with Crippen molar-refractivity contribution in [2.45, 2.75) is 13.1 Å². The van der Waals surface area contributed by atoms with E-state index in [9.17, 15) is 20.2 Å². The number of nitro benzene ring substituents is 2. The number of nitrogens with zero attached hydrogens (tertiary/aromatic N) is 5. The maximum atomic E-state index is 10.9. The zero-order chi connectivity index (χ0) is 28.3. The highest BCUT2D eigenvalue weighted by Crippen LogP contribution is 2.23. The van der Waals surface area contributed by atoms with Gasteiger partial charge >= 0.3 is 0 Å². The highest BCUT2D eigenvalue weighted by Gasteiger charge is 2.19. The zero-order valence-electron chi connectivity index (χ0n) is 22.8. The van der Waals surface area contributed by atoms with Crippen LogP contribution in [-0.4, -0.2) is 79.1 Å². The minimum absolute atomic E-state index is 0.146. The third-order valence-electron chi connectivity index (χ3n) is 7.08. The second kappa shape index (κ2) is 14.4. The summed E-state index contributed by atoms with van der Waals surface area (Å²) in [6.07, 6.45) is 0. The molecule has 1 N–H and O–H groups in total. The van der Waals surface area contributed by atoms with Gasteiger partial charge in [-0.3, -0.25) is 30.0 Å². The number of hydrogen-bond donors (Lipinski definition) is 1. The first kappa shape index (κ1) is 28.9. The number of benzene rings is 3. The number of rotatable bonds is 8. The predicted octanol–water partition coefficient (Wildman–Crippen LogP) is 3.93. The van der Waals surface area contributed by atoms with Crippen molar-refractivity contribution in [3.8, 4) is 5.75 Å². The standard InChI is InChI=1S/C18H21N3O3.C11H15N3O2/c1-24-18-7-5-15(6-8-18)14-19-9-11-20(12-10-19)16-3-2-4-17(13-16)21(22)23;15-14(16)11-3-1-2-10(8-11)9-13-6-4-12-5-7-13/h2-8,13H,9-12,14H2,1H3;1-3,8,12H,4-7,9H2. The first-order chi connectivity index (χ1) is 19.4. The molecule has 11 nitrogen and oxygen atoms in total. The highest BCUT2D eigenvalue weighted by molar-refractivity contribution is 5.53. The largest absolute Gasteiger partial charge is 0.497 e. The van der Waals surface area contributed by atoms with Gasteiger partial charge in [-0.2, -0.15) is 0 Å². The molecule has 0 aromatic heterocycles. The Morgan fingerprint density at radius 3 is 1.93 bits per heavy atom. The first-order valence-electron chi connectivity index (χ1n) is 13.4. The monoisotopic (exact) mass is 548 g/mol. The molecule has 0 unspecified atom stereocenters. The van der Waals surface area contributed by atoms with Crippen molar-refractivity contribution < 1.29 is 14.6 Å². The van der Waals surface area contributed by atoms with Gasteiger partial charge in [0.2, 0.25) is 0 Å². The van der Waals surface area contributed by atoms with E-state index in [1.807, 2.05) is 24.3 Å². The maximum Gasteiger partial charge on any atom is 0.271 e. The molecule has 0 amide bonds. The number of methoxy groups -OCH3 is 1. The lowest BCUT2D eigenvalue weighted by Gasteiger charge is -2.36. The van der Waals surface area contributed by atoms with Crippen LogP contribution in [0.5, 0.6) is 5.75 Å². The molecule has 0 saturated carbocycles. The van der Waals surface area contributed by atoms with Crippen LogP contribution in [0.25, 0.3) is 0 Å². The molecule has 0 radical (unpaired) electrons. The van der Waals surface area contributed by atoms with E-state index in [1.165, 1.54) is 17.7 Å². The van der Waals surface area contributed by atoms with Crippen molar-refractivity contribution in [2.24, 2.45) is 0 Å². The molecule has 2 aliphatic heterocycles. The van der Waals surface area contributed by atoms with Gasteiger partial charge in [-0.05, 0) is 29.3 Å². The number of piperazine rings is 2. The summed E-state index contributed by atoms with van der Waals surface area (Å²) in [6.45, 7) is 9.32. The minimum atomic E-state index is -0.346. The van der Waals surface area contributed by atoms with Crippen molar-refractivity contribution in [3.05, 3.63) is 104 Å². The van der Waals surface area contributed by atoms with E-state index in [2.05, 4.69) is 32.1 Å². The molecule has 40 heavy (non-hydrogen) atoms. The summed E-state index contributed by atoms with van der Waals surface area (Å²) in [5, 5.41) is 24.8. The summed E-state index contributed by atoms with van der Waals surface area (Å²) in [4.78, 5) is 27.7. The van der Waals surface area contributed by atoms with Gasteiger partial charge in [-0.25, -0.2) is 0 Å². The fraction of sp³-hybridized carbons (Fsp3) is 0.379. The molecular formula is C29H36N6O5. The molecule has 11 heteroatoms. The number of ether oxygens (including phenoxy) is 1. The van der Waals surface area contributed by atoms with Crippen molar-refractivity contribution in [1.29, 1.82) is 0 Å². The highest BCUT2D eigenvalue weighted by atomic mass is 16.6. The van der Waals surface area contributed by atoms with Crippen LogP contribution in [0.15, 0.2) is 72.8 Å². The van der Waals surface area contributed by atoms with Crippen LogP contribution in [0, 0.1) is 20.2 Å². The van der Waals surface area contributed by atoms with E-state index >= 15 is 0 Å². The van der Waals surface area contributed by atoms with Crippen LogP contribution in [0.2, 0.25) is 0 Å². The Kier molecular flexibility index (Phi) is 10.4. The third-order valence-corrected chi connectivity index (χ3v) is 7.08. The van der Waals surface area contributed by atoms with Crippen LogP contribution < -0.4 is 15.0 Å². The number of nitro groups is 2. The topological polar surface area (TPSA) is 117 Å². The van der Waals surface area contributed by atoms with E-state index < -0.39 is 0 Å². The van der Waals surface area contributed by atoms with Crippen LogP contribution in [0.3, 0.4) is 0 Å². The average molecular weight is 549 g/mol. The zero-order valence-corrected chi connectivity index (χ0v) is 22.8. The van der Waals surface area contributed by atoms with Gasteiger partial charge in [0.1, 0.15) is 5.75 Å². The first-order valence-corrected chi connectivity index (χ1v) is 13.4. The summed E-state index contributed by atoms with van der Waals surface area (Å²) in [5.74, 6) is 0.870. The molecule has 2 heterocycles. The van der Waals surface area contributed by atoms with Crippen LogP contribution in [0.1, 0.15) is 11.1 Å². The Morgan fingerprint density at radius 2 is 1.30 bits per heavy atom. The van der Waals surface area contributed by atoms with E-state index in [0.29, 0.717) is 0 Å². The quantitative estimate of drug-likeness (QED) is 0.330. The lowest BCUT2D eigenvalue weighted by molar-refractivity contribution is -0.385. The number of anilines is 1.